The van der Waals surface area contributed by atoms with E-state index in [1.54, 1.807) is 6.07 Å². The highest BCUT2D eigenvalue weighted by Gasteiger charge is 2.22. The Morgan fingerprint density at radius 3 is 2.24 bits per heavy atom. The van der Waals surface area contributed by atoms with Gasteiger partial charge in [-0.3, -0.25) is 4.79 Å². The fraction of sp³-hybridized carbons (Fsp3) is 0.263. The highest BCUT2D eigenvalue weighted by molar-refractivity contribution is 7.89. The van der Waals surface area contributed by atoms with E-state index in [1.807, 2.05) is 0 Å². The zero-order valence-electron chi connectivity index (χ0n) is 16.3. The fourth-order valence-corrected chi connectivity index (χ4v) is 3.46. The first-order chi connectivity index (χ1) is 13.6. The minimum atomic E-state index is -3.76. The number of ether oxygens (including phenoxy) is 3. The monoisotopic (exact) mass is 441 g/mol. The van der Waals surface area contributed by atoms with E-state index in [-0.39, 0.29) is 21.0 Å². The topological polar surface area (TPSA) is 99.2 Å². The highest BCUT2D eigenvalue weighted by atomic mass is 35.5. The van der Waals surface area contributed by atoms with Crippen molar-refractivity contribution >= 4 is 33.4 Å². The van der Waals surface area contributed by atoms with Gasteiger partial charge in [-0.25, -0.2) is 17.5 Å². The molecule has 0 N–H and O–H groups in total. The van der Waals surface area contributed by atoms with Crippen LogP contribution in [-0.2, 0) is 14.8 Å². The molecule has 156 valence electrons. The zero-order chi connectivity index (χ0) is 21.8. The lowest BCUT2D eigenvalue weighted by atomic mass is 10.1. The van der Waals surface area contributed by atoms with Crippen molar-refractivity contribution in [3.05, 3.63) is 52.5 Å². The van der Waals surface area contributed by atoms with Crippen molar-refractivity contribution in [1.29, 1.82) is 0 Å². The number of benzene rings is 2. The summed E-state index contributed by atoms with van der Waals surface area (Å²) >= 11 is 6.00. The summed E-state index contributed by atoms with van der Waals surface area (Å²) in [6.07, 6.45) is 0. The van der Waals surface area contributed by atoms with Crippen LogP contribution in [0.4, 0.5) is 0 Å². The molecule has 2 aromatic rings. The van der Waals surface area contributed by atoms with Crippen molar-refractivity contribution in [3.8, 4) is 11.5 Å². The molecule has 0 amide bonds. The zero-order valence-corrected chi connectivity index (χ0v) is 17.8. The summed E-state index contributed by atoms with van der Waals surface area (Å²) in [5, 5.41) is 0.00581. The van der Waals surface area contributed by atoms with Gasteiger partial charge in [-0.05, 0) is 36.4 Å². The molecular formula is C19H20ClNO7S. The second-order valence-electron chi connectivity index (χ2n) is 6.00. The predicted molar refractivity (Wildman–Crippen MR) is 106 cm³/mol. The largest absolute Gasteiger partial charge is 0.493 e. The first-order valence-electron chi connectivity index (χ1n) is 8.26. The second kappa shape index (κ2) is 9.25. The van der Waals surface area contributed by atoms with Gasteiger partial charge in [-0.2, -0.15) is 0 Å². The Bertz CT molecular complexity index is 1030. The number of sulfonamides is 1. The van der Waals surface area contributed by atoms with Crippen LogP contribution in [0.5, 0.6) is 11.5 Å². The number of Topliss-reactive ketones (excluding diaryl/α,β-unsaturated/α-hetero) is 1. The van der Waals surface area contributed by atoms with Gasteiger partial charge in [0.05, 0.1) is 29.7 Å². The third-order valence-corrected chi connectivity index (χ3v) is 6.12. The van der Waals surface area contributed by atoms with Crippen LogP contribution >= 0.6 is 11.6 Å². The number of rotatable bonds is 8. The number of methoxy groups -OCH3 is 2. The summed E-state index contributed by atoms with van der Waals surface area (Å²) in [5.74, 6) is -0.590. The van der Waals surface area contributed by atoms with E-state index >= 15 is 0 Å². The summed E-state index contributed by atoms with van der Waals surface area (Å²) in [6, 6.07) is 8.20. The van der Waals surface area contributed by atoms with Crippen molar-refractivity contribution < 1.29 is 32.2 Å². The van der Waals surface area contributed by atoms with Gasteiger partial charge in [0.15, 0.2) is 23.9 Å². The van der Waals surface area contributed by atoms with Gasteiger partial charge in [0, 0.05) is 19.7 Å². The van der Waals surface area contributed by atoms with E-state index in [9.17, 15) is 18.0 Å². The fourth-order valence-electron chi connectivity index (χ4n) is 2.33. The second-order valence-corrected chi connectivity index (χ2v) is 8.56. The van der Waals surface area contributed by atoms with Crippen molar-refractivity contribution in [2.45, 2.75) is 4.90 Å². The molecule has 8 nitrogen and oxygen atoms in total. The first-order valence-corrected chi connectivity index (χ1v) is 10.1. The van der Waals surface area contributed by atoms with Gasteiger partial charge < -0.3 is 14.2 Å². The van der Waals surface area contributed by atoms with E-state index in [0.29, 0.717) is 11.5 Å². The van der Waals surface area contributed by atoms with Gasteiger partial charge in [0.2, 0.25) is 10.0 Å². The van der Waals surface area contributed by atoms with Gasteiger partial charge >= 0.3 is 5.97 Å². The average molecular weight is 442 g/mol. The van der Waals surface area contributed by atoms with Crippen molar-refractivity contribution in [1.82, 2.24) is 4.31 Å². The van der Waals surface area contributed by atoms with Crippen molar-refractivity contribution in [3.63, 3.8) is 0 Å². The summed E-state index contributed by atoms with van der Waals surface area (Å²) in [4.78, 5) is 24.6. The van der Waals surface area contributed by atoms with E-state index in [0.717, 1.165) is 10.4 Å². The number of nitrogens with zero attached hydrogens (tertiary/aromatic N) is 1. The molecule has 0 bridgehead atoms. The summed E-state index contributed by atoms with van der Waals surface area (Å²) in [6.45, 7) is -0.560. The van der Waals surface area contributed by atoms with E-state index < -0.39 is 28.4 Å². The van der Waals surface area contributed by atoms with Crippen LogP contribution in [0.3, 0.4) is 0 Å². The molecule has 0 spiro atoms. The molecule has 0 aliphatic carbocycles. The molecule has 0 aliphatic heterocycles. The van der Waals surface area contributed by atoms with Crippen molar-refractivity contribution in [2.75, 3.05) is 34.9 Å². The molecule has 29 heavy (non-hydrogen) atoms. The molecule has 2 rings (SSSR count). The van der Waals surface area contributed by atoms with Crippen LogP contribution in [0.1, 0.15) is 20.7 Å². The lowest BCUT2D eigenvalue weighted by Crippen LogP contribution is -2.22. The SMILES string of the molecule is COc1ccc(C(=O)COC(=O)c2cc(S(=O)(=O)N(C)C)ccc2Cl)cc1OC. The van der Waals surface area contributed by atoms with Crippen LogP contribution in [0.2, 0.25) is 5.02 Å². The Kier molecular flexibility index (Phi) is 7.23. The highest BCUT2D eigenvalue weighted by Crippen LogP contribution is 2.28. The molecule has 0 aromatic heterocycles. The molecular weight excluding hydrogens is 422 g/mol. The van der Waals surface area contributed by atoms with Crippen LogP contribution in [0, 0.1) is 0 Å². The Hall–Kier alpha value is -2.62. The molecule has 0 atom stereocenters. The number of halogens is 1. The maximum atomic E-state index is 12.4. The number of carbonyl (C=O) groups is 2. The normalized spacial score (nSPS) is 11.2. The smallest absolute Gasteiger partial charge is 0.340 e. The summed E-state index contributed by atoms with van der Waals surface area (Å²) in [5.41, 5.74) is 0.0974. The molecule has 0 saturated heterocycles. The van der Waals surface area contributed by atoms with Gasteiger partial charge in [0.25, 0.3) is 0 Å². The number of ketones is 1. The van der Waals surface area contributed by atoms with Crippen LogP contribution < -0.4 is 9.47 Å². The Balaban J connectivity index is 2.18. The molecule has 0 saturated carbocycles. The third kappa shape index (κ3) is 5.06. The summed E-state index contributed by atoms with van der Waals surface area (Å²) in [7, 11) is 1.87. The third-order valence-electron chi connectivity index (χ3n) is 3.98. The minimum absolute atomic E-state index is 0.00581. The van der Waals surface area contributed by atoms with Crippen LogP contribution in [0.15, 0.2) is 41.3 Å². The molecule has 0 heterocycles. The maximum Gasteiger partial charge on any atom is 0.340 e. The van der Waals surface area contributed by atoms with Gasteiger partial charge in [-0.1, -0.05) is 11.6 Å². The lowest BCUT2D eigenvalue weighted by Gasteiger charge is -2.13. The van der Waals surface area contributed by atoms with E-state index in [4.69, 9.17) is 25.8 Å². The van der Waals surface area contributed by atoms with E-state index in [1.165, 1.54) is 52.6 Å². The Morgan fingerprint density at radius 1 is 1.00 bits per heavy atom. The maximum absolute atomic E-state index is 12.4. The molecule has 0 aliphatic rings. The quantitative estimate of drug-likeness (QED) is 0.458. The lowest BCUT2D eigenvalue weighted by molar-refractivity contribution is 0.0474. The predicted octanol–water partition coefficient (Wildman–Crippen LogP) is 2.65. The number of carbonyl (C=O) groups excluding carboxylic acids is 2. The van der Waals surface area contributed by atoms with Gasteiger partial charge in [0.1, 0.15) is 0 Å². The standard InChI is InChI=1S/C19H20ClNO7S/c1-21(2)29(24,25)13-6-7-15(20)14(10-13)19(23)28-11-16(22)12-5-8-17(26-3)18(9-12)27-4/h5-10H,11H2,1-4H3. The average Bonchev–Trinajstić information content (AvgIpc) is 2.71. The van der Waals surface area contributed by atoms with Crippen LogP contribution in [-0.4, -0.2) is 59.4 Å². The molecule has 10 heteroatoms. The number of hydrogen-bond donors (Lipinski definition) is 0. The first kappa shape index (κ1) is 22.7. The molecule has 0 fully saturated rings. The Morgan fingerprint density at radius 2 is 1.66 bits per heavy atom. The van der Waals surface area contributed by atoms with Crippen LogP contribution in [0.25, 0.3) is 0 Å². The number of esters is 1. The van der Waals surface area contributed by atoms with Gasteiger partial charge in [-0.15, -0.1) is 0 Å². The minimum Gasteiger partial charge on any atom is -0.493 e. The van der Waals surface area contributed by atoms with Crippen molar-refractivity contribution in [2.24, 2.45) is 0 Å². The Labute approximate surface area is 174 Å². The summed E-state index contributed by atoms with van der Waals surface area (Å²) < 4.78 is 40.8. The molecule has 0 unspecified atom stereocenters. The van der Waals surface area contributed by atoms with E-state index in [2.05, 4.69) is 0 Å². The molecule has 0 radical (unpaired) electrons. The molecule has 2 aromatic carbocycles. The number of hydrogen-bond acceptors (Lipinski definition) is 7.